The van der Waals surface area contributed by atoms with E-state index in [9.17, 15) is 0 Å². The van der Waals surface area contributed by atoms with E-state index in [0.717, 1.165) is 11.0 Å². The Hall–Kier alpha value is -1.48. The largest absolute Gasteiger partial charge is 0.464 e. The maximum Gasteiger partial charge on any atom is 0.285 e. The van der Waals surface area contributed by atoms with Crippen LogP contribution >= 0.6 is 0 Å². The fraction of sp³-hybridized carbons (Fsp3) is 0.385. The molecule has 0 radical (unpaired) electrons. The minimum Gasteiger partial charge on any atom is -0.464 e. The highest BCUT2D eigenvalue weighted by Crippen LogP contribution is 2.26. The van der Waals surface area contributed by atoms with Crippen LogP contribution < -0.4 is 4.74 Å². The summed E-state index contributed by atoms with van der Waals surface area (Å²) in [6, 6.07) is 9.62. The van der Waals surface area contributed by atoms with Crippen LogP contribution in [-0.2, 0) is 0 Å². The molecule has 1 heterocycles. The van der Waals surface area contributed by atoms with Crippen LogP contribution in [0.2, 0.25) is 0 Å². The number of furan rings is 1. The van der Waals surface area contributed by atoms with Gasteiger partial charge in [0, 0.05) is 16.9 Å². The summed E-state index contributed by atoms with van der Waals surface area (Å²) in [7, 11) is 0. The molecule has 1 aromatic carbocycles. The van der Waals surface area contributed by atoms with E-state index in [-0.39, 0.29) is 12.0 Å². The number of aliphatic hydroxyl groups excluding tert-OH is 1. The monoisotopic (exact) mass is 220 g/mol. The molecule has 0 saturated carbocycles. The van der Waals surface area contributed by atoms with Crippen molar-refractivity contribution in [3.05, 3.63) is 30.3 Å². The number of benzene rings is 1. The highest BCUT2D eigenvalue weighted by Gasteiger charge is 2.18. The van der Waals surface area contributed by atoms with Crippen molar-refractivity contribution < 1.29 is 14.3 Å². The van der Waals surface area contributed by atoms with Crippen molar-refractivity contribution in [1.29, 1.82) is 0 Å². The Kier molecular flexibility index (Phi) is 2.88. The number of hydrogen-bond donors (Lipinski definition) is 1. The van der Waals surface area contributed by atoms with E-state index in [0.29, 0.717) is 12.6 Å². The summed E-state index contributed by atoms with van der Waals surface area (Å²) >= 11 is 0. The van der Waals surface area contributed by atoms with Gasteiger partial charge in [0.15, 0.2) is 0 Å². The molecule has 0 aliphatic rings. The standard InChI is InChI=1S/C13H16O3/c1-13(2,8-14)9-15-12-7-10-5-3-4-6-11(10)16-12/h3-7,14H,8-9H2,1-2H3. The van der Waals surface area contributed by atoms with Crippen LogP contribution in [-0.4, -0.2) is 18.3 Å². The predicted molar refractivity (Wildman–Crippen MR) is 62.6 cm³/mol. The molecule has 1 aromatic heterocycles. The molecule has 0 aliphatic carbocycles. The van der Waals surface area contributed by atoms with E-state index in [1.165, 1.54) is 0 Å². The van der Waals surface area contributed by atoms with E-state index < -0.39 is 0 Å². The zero-order chi connectivity index (χ0) is 11.6. The fourth-order valence-corrected chi connectivity index (χ4v) is 1.34. The van der Waals surface area contributed by atoms with Gasteiger partial charge in [-0.1, -0.05) is 32.0 Å². The van der Waals surface area contributed by atoms with Gasteiger partial charge in [-0.25, -0.2) is 0 Å². The molecule has 0 aliphatic heterocycles. The molecule has 0 saturated heterocycles. The Morgan fingerprint density at radius 2 is 2.06 bits per heavy atom. The fourth-order valence-electron chi connectivity index (χ4n) is 1.34. The van der Waals surface area contributed by atoms with Crippen molar-refractivity contribution in [2.75, 3.05) is 13.2 Å². The molecule has 0 amide bonds. The van der Waals surface area contributed by atoms with Gasteiger partial charge < -0.3 is 14.3 Å². The van der Waals surface area contributed by atoms with Gasteiger partial charge in [0.1, 0.15) is 5.58 Å². The minimum absolute atomic E-state index is 0.0905. The maximum atomic E-state index is 9.10. The lowest BCUT2D eigenvalue weighted by Gasteiger charge is -2.20. The number of hydrogen-bond acceptors (Lipinski definition) is 3. The third-order valence-corrected chi connectivity index (χ3v) is 2.44. The summed E-state index contributed by atoms with van der Waals surface area (Å²) in [6.45, 7) is 4.40. The van der Waals surface area contributed by atoms with Crippen LogP contribution in [0.1, 0.15) is 13.8 Å². The first-order valence-electron chi connectivity index (χ1n) is 5.33. The van der Waals surface area contributed by atoms with Gasteiger partial charge in [0.25, 0.3) is 5.95 Å². The minimum atomic E-state index is -0.251. The normalized spacial score (nSPS) is 11.9. The van der Waals surface area contributed by atoms with Gasteiger partial charge in [0.05, 0.1) is 13.2 Å². The van der Waals surface area contributed by atoms with Crippen molar-refractivity contribution >= 4 is 11.0 Å². The van der Waals surface area contributed by atoms with Gasteiger partial charge in [-0.15, -0.1) is 0 Å². The molecule has 0 spiro atoms. The van der Waals surface area contributed by atoms with Crippen molar-refractivity contribution in [1.82, 2.24) is 0 Å². The molecule has 0 unspecified atom stereocenters. The van der Waals surface area contributed by atoms with Gasteiger partial charge in [-0.2, -0.15) is 0 Å². The lowest BCUT2D eigenvalue weighted by molar-refractivity contribution is 0.0849. The number of ether oxygens (including phenoxy) is 1. The first kappa shape index (κ1) is 11.0. The molecular formula is C13H16O3. The Morgan fingerprint density at radius 1 is 1.31 bits per heavy atom. The number of rotatable bonds is 4. The van der Waals surface area contributed by atoms with Crippen LogP contribution in [0.5, 0.6) is 5.95 Å². The molecule has 0 atom stereocenters. The van der Waals surface area contributed by atoms with Crippen LogP contribution in [0, 0.1) is 5.41 Å². The van der Waals surface area contributed by atoms with Gasteiger partial charge >= 0.3 is 0 Å². The number of fused-ring (bicyclic) bond motifs is 1. The average Bonchev–Trinajstić information content (AvgIpc) is 2.69. The second-order valence-electron chi connectivity index (χ2n) is 4.71. The highest BCUT2D eigenvalue weighted by atomic mass is 16.6. The molecule has 86 valence electrons. The number of aliphatic hydroxyl groups is 1. The molecule has 2 aromatic rings. The van der Waals surface area contributed by atoms with Gasteiger partial charge in [0.2, 0.25) is 0 Å². The molecule has 2 rings (SSSR count). The van der Waals surface area contributed by atoms with Crippen molar-refractivity contribution in [2.45, 2.75) is 13.8 Å². The SMILES string of the molecule is CC(C)(CO)COc1cc2ccccc2o1. The van der Waals surface area contributed by atoms with Crippen LogP contribution in [0.3, 0.4) is 0 Å². The molecule has 16 heavy (non-hydrogen) atoms. The van der Waals surface area contributed by atoms with Crippen molar-refractivity contribution in [2.24, 2.45) is 5.41 Å². The van der Waals surface area contributed by atoms with E-state index in [1.807, 2.05) is 44.2 Å². The van der Waals surface area contributed by atoms with E-state index >= 15 is 0 Å². The van der Waals surface area contributed by atoms with E-state index in [4.69, 9.17) is 14.3 Å². The second-order valence-corrected chi connectivity index (χ2v) is 4.71. The highest BCUT2D eigenvalue weighted by molar-refractivity contribution is 5.78. The zero-order valence-electron chi connectivity index (χ0n) is 9.56. The van der Waals surface area contributed by atoms with Crippen molar-refractivity contribution in [3.8, 4) is 5.95 Å². The maximum absolute atomic E-state index is 9.10. The average molecular weight is 220 g/mol. The van der Waals surface area contributed by atoms with Crippen LogP contribution in [0.15, 0.2) is 34.7 Å². The van der Waals surface area contributed by atoms with Gasteiger partial charge in [-0.05, 0) is 6.07 Å². The predicted octanol–water partition coefficient (Wildman–Crippen LogP) is 2.83. The Bertz CT molecular complexity index is 438. The van der Waals surface area contributed by atoms with Crippen molar-refractivity contribution in [3.63, 3.8) is 0 Å². The van der Waals surface area contributed by atoms with E-state index in [1.54, 1.807) is 0 Å². The number of para-hydroxylation sites is 1. The van der Waals surface area contributed by atoms with E-state index in [2.05, 4.69) is 0 Å². The quantitative estimate of drug-likeness (QED) is 0.861. The lowest BCUT2D eigenvalue weighted by atomic mass is 9.97. The Labute approximate surface area is 94.6 Å². The first-order chi connectivity index (χ1) is 7.61. The van der Waals surface area contributed by atoms with Crippen LogP contribution in [0.25, 0.3) is 11.0 Å². The third kappa shape index (κ3) is 2.36. The molecule has 3 heteroatoms. The summed E-state index contributed by atoms with van der Waals surface area (Å²) in [5.41, 5.74) is 0.568. The molecule has 0 bridgehead atoms. The summed E-state index contributed by atoms with van der Waals surface area (Å²) in [4.78, 5) is 0. The van der Waals surface area contributed by atoms with Gasteiger partial charge in [-0.3, -0.25) is 0 Å². The molecule has 1 N–H and O–H groups in total. The molecular weight excluding hydrogens is 204 g/mol. The summed E-state index contributed by atoms with van der Waals surface area (Å²) in [5, 5.41) is 10.1. The zero-order valence-corrected chi connectivity index (χ0v) is 9.56. The third-order valence-electron chi connectivity index (χ3n) is 2.44. The lowest BCUT2D eigenvalue weighted by Crippen LogP contribution is -2.25. The Balaban J connectivity index is 2.10. The summed E-state index contributed by atoms with van der Waals surface area (Å²) in [6.07, 6.45) is 0. The van der Waals surface area contributed by atoms with Crippen LogP contribution in [0.4, 0.5) is 0 Å². The first-order valence-corrected chi connectivity index (χ1v) is 5.33. The summed E-state index contributed by atoms with van der Waals surface area (Å²) in [5.74, 6) is 0.503. The topological polar surface area (TPSA) is 42.6 Å². The molecule has 0 fully saturated rings. The Morgan fingerprint density at radius 3 is 2.75 bits per heavy atom. The summed E-state index contributed by atoms with van der Waals surface area (Å²) < 4.78 is 11.0. The second kappa shape index (κ2) is 4.18. The smallest absolute Gasteiger partial charge is 0.285 e. The molecule has 3 nitrogen and oxygen atoms in total.